The molecular weight excluding hydrogens is 234 g/mol. The van der Waals surface area contributed by atoms with Gasteiger partial charge in [0.25, 0.3) is 0 Å². The van der Waals surface area contributed by atoms with Gasteiger partial charge in [-0.25, -0.2) is 0 Å². The van der Waals surface area contributed by atoms with Crippen molar-refractivity contribution in [3.63, 3.8) is 0 Å². The zero-order valence-electron chi connectivity index (χ0n) is 11.3. The third-order valence-corrected chi connectivity index (χ3v) is 3.28. The van der Waals surface area contributed by atoms with Crippen LogP contribution < -0.4 is 4.74 Å². The molecule has 0 aromatic heterocycles. The van der Waals surface area contributed by atoms with Gasteiger partial charge >= 0.3 is 0 Å². The number of hydrogen-bond donors (Lipinski definition) is 0. The lowest BCUT2D eigenvalue weighted by Crippen LogP contribution is -1.97. The molecule has 96 valence electrons. The van der Waals surface area contributed by atoms with E-state index in [0.717, 1.165) is 23.3 Å². The predicted octanol–water partition coefficient (Wildman–Crippen LogP) is 3.66. The van der Waals surface area contributed by atoms with E-state index in [1.807, 2.05) is 18.2 Å². The van der Waals surface area contributed by atoms with Gasteiger partial charge in [0.2, 0.25) is 0 Å². The van der Waals surface area contributed by atoms with Crippen LogP contribution in [0.15, 0.2) is 42.5 Å². The SMILES string of the molecule is COc1cc(CC#N)ccc1Cc1ccccc1C. The largest absolute Gasteiger partial charge is 0.496 e. The molecular formula is C17H17NO. The lowest BCUT2D eigenvalue weighted by molar-refractivity contribution is 0.410. The molecule has 0 aliphatic carbocycles. The number of nitrogens with zero attached hydrogens (tertiary/aromatic N) is 1. The van der Waals surface area contributed by atoms with Crippen molar-refractivity contribution >= 4 is 0 Å². The number of hydrogen-bond acceptors (Lipinski definition) is 2. The van der Waals surface area contributed by atoms with Crippen molar-refractivity contribution in [1.29, 1.82) is 5.26 Å². The maximum Gasteiger partial charge on any atom is 0.122 e. The van der Waals surface area contributed by atoms with Gasteiger partial charge in [0, 0.05) is 6.42 Å². The van der Waals surface area contributed by atoms with Gasteiger partial charge < -0.3 is 4.74 Å². The van der Waals surface area contributed by atoms with Gasteiger partial charge in [0.1, 0.15) is 5.75 Å². The zero-order valence-corrected chi connectivity index (χ0v) is 11.3. The molecule has 2 rings (SSSR count). The average Bonchev–Trinajstić information content (AvgIpc) is 2.43. The summed E-state index contributed by atoms with van der Waals surface area (Å²) in [7, 11) is 1.67. The third-order valence-electron chi connectivity index (χ3n) is 3.28. The Labute approximate surface area is 114 Å². The highest BCUT2D eigenvalue weighted by molar-refractivity contribution is 5.42. The standard InChI is InChI=1S/C17H17NO/c1-13-5-3-4-6-15(13)12-16-8-7-14(9-10-18)11-17(16)19-2/h3-8,11H,9,12H2,1-2H3. The summed E-state index contributed by atoms with van der Waals surface area (Å²) in [6, 6.07) is 16.5. The van der Waals surface area contributed by atoms with E-state index in [0.29, 0.717) is 6.42 Å². The summed E-state index contributed by atoms with van der Waals surface area (Å²) in [5.41, 5.74) is 4.73. The van der Waals surface area contributed by atoms with E-state index in [1.54, 1.807) is 7.11 Å². The quantitative estimate of drug-likeness (QED) is 0.830. The van der Waals surface area contributed by atoms with Crippen molar-refractivity contribution in [2.45, 2.75) is 19.8 Å². The van der Waals surface area contributed by atoms with Crippen molar-refractivity contribution in [1.82, 2.24) is 0 Å². The minimum Gasteiger partial charge on any atom is -0.496 e. The van der Waals surface area contributed by atoms with Crippen LogP contribution >= 0.6 is 0 Å². The monoisotopic (exact) mass is 251 g/mol. The van der Waals surface area contributed by atoms with Crippen molar-refractivity contribution in [3.05, 3.63) is 64.7 Å². The first-order chi connectivity index (χ1) is 9.24. The summed E-state index contributed by atoms with van der Waals surface area (Å²) in [6.45, 7) is 2.12. The number of nitriles is 1. The molecule has 0 spiro atoms. The van der Waals surface area contributed by atoms with Gasteiger partial charge in [-0.05, 0) is 35.2 Å². The van der Waals surface area contributed by atoms with Gasteiger partial charge in [-0.15, -0.1) is 0 Å². The predicted molar refractivity (Wildman–Crippen MR) is 76.3 cm³/mol. The first-order valence-electron chi connectivity index (χ1n) is 6.32. The molecule has 0 bridgehead atoms. The van der Waals surface area contributed by atoms with Crippen LogP contribution in [-0.4, -0.2) is 7.11 Å². The highest BCUT2D eigenvalue weighted by Gasteiger charge is 2.07. The van der Waals surface area contributed by atoms with Crippen LogP contribution in [0, 0.1) is 18.3 Å². The molecule has 2 aromatic rings. The summed E-state index contributed by atoms with van der Waals surface area (Å²) >= 11 is 0. The Kier molecular flexibility index (Phi) is 4.20. The Balaban J connectivity index is 2.30. The van der Waals surface area contributed by atoms with E-state index >= 15 is 0 Å². The Morgan fingerprint density at radius 3 is 2.58 bits per heavy atom. The Bertz CT molecular complexity index is 611. The molecule has 0 aliphatic heterocycles. The molecule has 0 N–H and O–H groups in total. The lowest BCUT2D eigenvalue weighted by Gasteiger charge is -2.11. The lowest BCUT2D eigenvalue weighted by atomic mass is 9.98. The molecule has 0 unspecified atom stereocenters. The summed E-state index contributed by atoms with van der Waals surface area (Å²) < 4.78 is 5.43. The average molecular weight is 251 g/mol. The summed E-state index contributed by atoms with van der Waals surface area (Å²) in [5, 5.41) is 8.73. The number of ether oxygens (including phenoxy) is 1. The highest BCUT2D eigenvalue weighted by Crippen LogP contribution is 2.24. The van der Waals surface area contributed by atoms with Gasteiger partial charge in [-0.3, -0.25) is 0 Å². The fraction of sp³-hybridized carbons (Fsp3) is 0.235. The second-order valence-corrected chi connectivity index (χ2v) is 4.58. The van der Waals surface area contributed by atoms with E-state index in [1.165, 1.54) is 11.1 Å². The van der Waals surface area contributed by atoms with E-state index in [4.69, 9.17) is 10.00 Å². The molecule has 0 aliphatic rings. The number of benzene rings is 2. The minimum absolute atomic E-state index is 0.418. The molecule has 0 fully saturated rings. The molecule has 19 heavy (non-hydrogen) atoms. The maximum atomic E-state index is 8.73. The molecule has 0 radical (unpaired) electrons. The van der Waals surface area contributed by atoms with Crippen molar-refractivity contribution in [2.75, 3.05) is 7.11 Å². The Morgan fingerprint density at radius 1 is 1.11 bits per heavy atom. The molecule has 0 heterocycles. The molecule has 0 saturated heterocycles. The van der Waals surface area contributed by atoms with E-state index in [-0.39, 0.29) is 0 Å². The number of methoxy groups -OCH3 is 1. The molecule has 0 saturated carbocycles. The van der Waals surface area contributed by atoms with Crippen LogP contribution in [0.25, 0.3) is 0 Å². The highest BCUT2D eigenvalue weighted by atomic mass is 16.5. The third kappa shape index (κ3) is 3.14. The normalized spacial score (nSPS) is 9.95. The molecule has 2 heteroatoms. The van der Waals surface area contributed by atoms with Crippen molar-refractivity contribution < 1.29 is 4.74 Å². The van der Waals surface area contributed by atoms with Crippen LogP contribution in [0.3, 0.4) is 0 Å². The fourth-order valence-corrected chi connectivity index (χ4v) is 2.15. The first kappa shape index (κ1) is 13.2. The van der Waals surface area contributed by atoms with Crippen LogP contribution in [0.1, 0.15) is 22.3 Å². The first-order valence-corrected chi connectivity index (χ1v) is 6.32. The fourth-order valence-electron chi connectivity index (χ4n) is 2.15. The van der Waals surface area contributed by atoms with Crippen LogP contribution in [0.2, 0.25) is 0 Å². The second-order valence-electron chi connectivity index (χ2n) is 4.58. The van der Waals surface area contributed by atoms with E-state index in [2.05, 4.69) is 37.3 Å². The van der Waals surface area contributed by atoms with Crippen molar-refractivity contribution in [2.24, 2.45) is 0 Å². The molecule has 0 amide bonds. The van der Waals surface area contributed by atoms with Crippen LogP contribution in [-0.2, 0) is 12.8 Å². The number of rotatable bonds is 4. The van der Waals surface area contributed by atoms with Gasteiger partial charge in [-0.1, -0.05) is 36.4 Å². The molecule has 0 atom stereocenters. The van der Waals surface area contributed by atoms with Gasteiger partial charge in [0.05, 0.1) is 19.6 Å². The van der Waals surface area contributed by atoms with Crippen LogP contribution in [0.4, 0.5) is 0 Å². The van der Waals surface area contributed by atoms with E-state index in [9.17, 15) is 0 Å². The minimum atomic E-state index is 0.418. The summed E-state index contributed by atoms with van der Waals surface area (Å²) in [6.07, 6.45) is 1.27. The number of aryl methyl sites for hydroxylation is 1. The van der Waals surface area contributed by atoms with Gasteiger partial charge in [-0.2, -0.15) is 5.26 Å². The molecule has 2 aromatic carbocycles. The topological polar surface area (TPSA) is 33.0 Å². The van der Waals surface area contributed by atoms with Gasteiger partial charge in [0.15, 0.2) is 0 Å². The van der Waals surface area contributed by atoms with E-state index < -0.39 is 0 Å². The van der Waals surface area contributed by atoms with Crippen LogP contribution in [0.5, 0.6) is 5.75 Å². The Morgan fingerprint density at radius 2 is 1.89 bits per heavy atom. The second kappa shape index (κ2) is 6.06. The maximum absolute atomic E-state index is 8.73. The molecule has 2 nitrogen and oxygen atoms in total. The zero-order chi connectivity index (χ0) is 13.7. The Hall–Kier alpha value is -2.27. The van der Waals surface area contributed by atoms with Crippen molar-refractivity contribution in [3.8, 4) is 11.8 Å². The summed E-state index contributed by atoms with van der Waals surface area (Å²) in [5.74, 6) is 0.857. The smallest absolute Gasteiger partial charge is 0.122 e. The summed E-state index contributed by atoms with van der Waals surface area (Å²) in [4.78, 5) is 0.